The van der Waals surface area contributed by atoms with Gasteiger partial charge in [0.1, 0.15) is 7.05 Å². The van der Waals surface area contributed by atoms with E-state index in [1.807, 2.05) is 0 Å². The maximum atomic E-state index is 2.61. The first-order chi connectivity index (χ1) is 13.7. The van der Waals surface area contributed by atoms with E-state index < -0.39 is 8.07 Å². The SMILES string of the molecule is Cc1ccc(-c2ccccc2)cc1-c1cc2c(c[n+]1C)CCC[Si]21CCCC1. The van der Waals surface area contributed by atoms with Crippen molar-refractivity contribution in [2.24, 2.45) is 7.05 Å². The number of rotatable bonds is 2. The molecule has 0 atom stereocenters. The summed E-state index contributed by atoms with van der Waals surface area (Å²) < 4.78 is 2.39. The predicted molar refractivity (Wildman–Crippen MR) is 121 cm³/mol. The van der Waals surface area contributed by atoms with Crippen LogP contribution in [0.15, 0.2) is 60.8 Å². The number of hydrogen-bond acceptors (Lipinski definition) is 0. The zero-order valence-electron chi connectivity index (χ0n) is 17.2. The maximum absolute atomic E-state index is 2.61. The Morgan fingerprint density at radius 2 is 1.57 bits per heavy atom. The normalized spacial score (nSPS) is 17.6. The van der Waals surface area contributed by atoms with Crippen LogP contribution in [0.2, 0.25) is 18.1 Å². The van der Waals surface area contributed by atoms with Gasteiger partial charge in [0.05, 0.1) is 8.07 Å². The van der Waals surface area contributed by atoms with Crippen LogP contribution in [-0.2, 0) is 13.5 Å². The average molecular weight is 385 g/mol. The maximum Gasteiger partial charge on any atom is 0.212 e. The van der Waals surface area contributed by atoms with Crippen molar-refractivity contribution in [3.05, 3.63) is 71.9 Å². The molecule has 1 spiro atoms. The van der Waals surface area contributed by atoms with Crippen molar-refractivity contribution < 1.29 is 4.57 Å². The summed E-state index contributed by atoms with van der Waals surface area (Å²) in [5.74, 6) is 0. The van der Waals surface area contributed by atoms with Gasteiger partial charge in [0, 0.05) is 17.2 Å². The zero-order valence-corrected chi connectivity index (χ0v) is 18.2. The van der Waals surface area contributed by atoms with E-state index in [-0.39, 0.29) is 0 Å². The first kappa shape index (κ1) is 17.9. The Balaban J connectivity index is 1.66. The van der Waals surface area contributed by atoms with Crippen molar-refractivity contribution in [3.8, 4) is 22.4 Å². The van der Waals surface area contributed by atoms with Crippen LogP contribution in [0.5, 0.6) is 0 Å². The molecule has 142 valence electrons. The van der Waals surface area contributed by atoms with Crippen LogP contribution < -0.4 is 9.75 Å². The zero-order chi connectivity index (χ0) is 19.1. The van der Waals surface area contributed by atoms with Gasteiger partial charge in [-0.1, -0.05) is 79.9 Å². The molecular weight excluding hydrogens is 354 g/mol. The van der Waals surface area contributed by atoms with Crippen LogP contribution >= 0.6 is 0 Å². The first-order valence-corrected chi connectivity index (χ1v) is 13.5. The number of pyridine rings is 1. The molecule has 5 rings (SSSR count). The Labute approximate surface area is 170 Å². The van der Waals surface area contributed by atoms with Crippen molar-refractivity contribution >= 4 is 13.3 Å². The molecule has 0 unspecified atom stereocenters. The van der Waals surface area contributed by atoms with Gasteiger partial charge in [0.15, 0.2) is 6.20 Å². The van der Waals surface area contributed by atoms with Gasteiger partial charge in [-0.05, 0) is 41.3 Å². The Bertz CT molecular complexity index is 1020. The number of benzene rings is 2. The minimum atomic E-state index is -1.24. The third-order valence-electron chi connectivity index (χ3n) is 7.21. The topological polar surface area (TPSA) is 3.88 Å². The second kappa shape index (κ2) is 7.00. The summed E-state index contributed by atoms with van der Waals surface area (Å²) in [7, 11) is 1.00. The highest BCUT2D eigenvalue weighted by atomic mass is 28.3. The molecule has 1 nitrogen and oxygen atoms in total. The lowest BCUT2D eigenvalue weighted by Crippen LogP contribution is -2.51. The summed E-state index contributed by atoms with van der Waals surface area (Å²) in [5.41, 5.74) is 8.42. The molecule has 2 heteroatoms. The smallest absolute Gasteiger partial charge is 0.201 e. The molecule has 2 aromatic carbocycles. The first-order valence-electron chi connectivity index (χ1n) is 10.9. The summed E-state index contributed by atoms with van der Waals surface area (Å²) >= 11 is 0. The monoisotopic (exact) mass is 384 g/mol. The van der Waals surface area contributed by atoms with Gasteiger partial charge in [-0.3, -0.25) is 0 Å². The molecular formula is C26H30NSi+. The number of aromatic nitrogens is 1. The molecule has 0 radical (unpaired) electrons. The molecule has 0 N–H and O–H groups in total. The lowest BCUT2D eigenvalue weighted by atomic mass is 9.97. The van der Waals surface area contributed by atoms with E-state index in [2.05, 4.69) is 79.3 Å². The Hall–Kier alpha value is -2.19. The second-order valence-corrected chi connectivity index (χ2v) is 13.5. The molecule has 2 aliphatic rings. The van der Waals surface area contributed by atoms with E-state index in [1.165, 1.54) is 71.8 Å². The van der Waals surface area contributed by atoms with Crippen molar-refractivity contribution in [2.75, 3.05) is 0 Å². The highest BCUT2D eigenvalue weighted by Crippen LogP contribution is 2.38. The van der Waals surface area contributed by atoms with Crippen LogP contribution in [0.25, 0.3) is 22.4 Å². The molecule has 28 heavy (non-hydrogen) atoms. The van der Waals surface area contributed by atoms with E-state index in [0.29, 0.717) is 0 Å². The van der Waals surface area contributed by atoms with Gasteiger partial charge in [-0.2, -0.15) is 0 Å². The minimum absolute atomic E-state index is 1.24. The minimum Gasteiger partial charge on any atom is -0.201 e. The van der Waals surface area contributed by atoms with Crippen molar-refractivity contribution in [3.63, 3.8) is 0 Å². The Kier molecular flexibility index (Phi) is 4.47. The Morgan fingerprint density at radius 1 is 0.821 bits per heavy atom. The third-order valence-corrected chi connectivity index (χ3v) is 12.8. The quantitative estimate of drug-likeness (QED) is 0.403. The molecule has 3 aromatic rings. The summed E-state index contributed by atoms with van der Waals surface area (Å²) in [6.45, 7) is 2.26. The molecule has 2 aliphatic heterocycles. The summed E-state index contributed by atoms with van der Waals surface area (Å²) in [4.78, 5) is 0. The number of aryl methyl sites for hydroxylation is 3. The number of hydrogen-bond donors (Lipinski definition) is 0. The number of nitrogens with zero attached hydrogens (tertiary/aromatic N) is 1. The molecule has 1 saturated heterocycles. The molecule has 1 aromatic heterocycles. The van der Waals surface area contributed by atoms with E-state index in [9.17, 15) is 0 Å². The van der Waals surface area contributed by atoms with E-state index >= 15 is 0 Å². The van der Waals surface area contributed by atoms with Gasteiger partial charge < -0.3 is 0 Å². The van der Waals surface area contributed by atoms with Crippen molar-refractivity contribution in [1.29, 1.82) is 0 Å². The standard InChI is InChI=1S/C26H30NSi/c1-20-12-13-22(21-9-4-3-5-10-21)17-24(20)25-18-26-23(19-27(25)2)11-8-16-28(26)14-6-7-15-28/h3-5,9-10,12-13,17-19H,6-8,11,14-16H2,1-2H3/q+1. The van der Waals surface area contributed by atoms with Crippen molar-refractivity contribution in [2.45, 2.75) is 50.7 Å². The van der Waals surface area contributed by atoms with Gasteiger partial charge in [0.2, 0.25) is 5.69 Å². The summed E-state index contributed by atoms with van der Waals surface area (Å²) in [6, 6.07) is 24.9. The number of fused-ring (bicyclic) bond motifs is 2. The molecule has 0 saturated carbocycles. The van der Waals surface area contributed by atoms with E-state index in [0.717, 1.165) is 0 Å². The van der Waals surface area contributed by atoms with Gasteiger partial charge in [-0.15, -0.1) is 0 Å². The average Bonchev–Trinajstić information content (AvgIpc) is 3.18. The third kappa shape index (κ3) is 2.95. The summed E-state index contributed by atoms with van der Waals surface area (Å²) in [5, 5.41) is 1.80. The van der Waals surface area contributed by atoms with E-state index in [4.69, 9.17) is 0 Å². The highest BCUT2D eigenvalue weighted by molar-refractivity contribution is 6.93. The fourth-order valence-corrected chi connectivity index (χ4v) is 11.3. The van der Waals surface area contributed by atoms with Crippen LogP contribution in [0.4, 0.5) is 0 Å². The van der Waals surface area contributed by atoms with Crippen LogP contribution in [0, 0.1) is 6.92 Å². The summed E-state index contributed by atoms with van der Waals surface area (Å²) in [6.07, 6.45) is 8.09. The highest BCUT2D eigenvalue weighted by Gasteiger charge is 2.42. The molecule has 0 aliphatic carbocycles. The molecule has 1 fully saturated rings. The Morgan fingerprint density at radius 3 is 2.36 bits per heavy atom. The lowest BCUT2D eigenvalue weighted by Gasteiger charge is -2.33. The van der Waals surface area contributed by atoms with Crippen molar-refractivity contribution in [1.82, 2.24) is 0 Å². The van der Waals surface area contributed by atoms with Crippen LogP contribution in [0.1, 0.15) is 30.4 Å². The van der Waals surface area contributed by atoms with Gasteiger partial charge in [0.25, 0.3) is 0 Å². The largest absolute Gasteiger partial charge is 0.212 e. The fourth-order valence-electron chi connectivity index (χ4n) is 5.70. The fraction of sp³-hybridized carbons (Fsp3) is 0.346. The molecule has 0 bridgehead atoms. The van der Waals surface area contributed by atoms with E-state index in [1.54, 1.807) is 10.8 Å². The second-order valence-electron chi connectivity index (χ2n) is 8.95. The molecule has 0 amide bonds. The van der Waals surface area contributed by atoms with Crippen LogP contribution in [0.3, 0.4) is 0 Å². The van der Waals surface area contributed by atoms with Gasteiger partial charge >= 0.3 is 0 Å². The predicted octanol–water partition coefficient (Wildman–Crippen LogP) is 5.55. The molecule has 3 heterocycles. The van der Waals surface area contributed by atoms with Gasteiger partial charge in [-0.25, -0.2) is 4.57 Å². The lowest BCUT2D eigenvalue weighted by molar-refractivity contribution is -0.660. The van der Waals surface area contributed by atoms with Crippen LogP contribution in [-0.4, -0.2) is 8.07 Å².